The van der Waals surface area contributed by atoms with E-state index < -0.39 is 0 Å². The lowest BCUT2D eigenvalue weighted by atomic mass is 9.78. The van der Waals surface area contributed by atoms with Crippen molar-refractivity contribution in [2.45, 2.75) is 78.1 Å². The fourth-order valence-electron chi connectivity index (χ4n) is 4.66. The van der Waals surface area contributed by atoms with Crippen molar-refractivity contribution in [1.29, 1.82) is 0 Å². The van der Waals surface area contributed by atoms with E-state index in [2.05, 4.69) is 64.1 Å². The fraction of sp³-hybridized carbons (Fsp3) is 0.607. The number of aryl methyl sites for hydroxylation is 2. The molecule has 2 aromatic rings. The van der Waals surface area contributed by atoms with E-state index in [0.29, 0.717) is 36.6 Å². The van der Waals surface area contributed by atoms with Gasteiger partial charge in [0.2, 0.25) is 5.91 Å². The molecule has 35 heavy (non-hydrogen) atoms. The second-order valence-electron chi connectivity index (χ2n) is 12.0. The fourth-order valence-corrected chi connectivity index (χ4v) is 4.66. The van der Waals surface area contributed by atoms with Crippen LogP contribution in [0.4, 0.5) is 0 Å². The molecule has 0 bridgehead atoms. The van der Waals surface area contributed by atoms with Crippen LogP contribution < -0.4 is 5.32 Å². The lowest BCUT2D eigenvalue weighted by molar-refractivity contribution is -0.132. The van der Waals surface area contributed by atoms with Gasteiger partial charge in [0, 0.05) is 39.3 Å². The number of hydrogen-bond acceptors (Lipinski definition) is 4. The number of likely N-dealkylation sites (tertiary alicyclic amines) is 1. The molecule has 0 unspecified atom stereocenters. The summed E-state index contributed by atoms with van der Waals surface area (Å²) in [7, 11) is 1.79. The highest BCUT2D eigenvalue weighted by Gasteiger charge is 2.27. The first kappa shape index (κ1) is 26.8. The lowest BCUT2D eigenvalue weighted by Gasteiger charge is -2.32. The highest BCUT2D eigenvalue weighted by molar-refractivity contribution is 5.93. The quantitative estimate of drug-likeness (QED) is 0.642. The van der Waals surface area contributed by atoms with Crippen LogP contribution in [0, 0.1) is 5.92 Å². The van der Waals surface area contributed by atoms with E-state index in [1.807, 2.05) is 4.90 Å². The molecule has 192 valence electrons. The van der Waals surface area contributed by atoms with E-state index in [-0.39, 0.29) is 22.6 Å². The number of aromatic nitrogens is 2. The summed E-state index contributed by atoms with van der Waals surface area (Å²) in [5.41, 5.74) is 3.16. The number of carbonyl (C=O) groups excluding carboxylic acids is 2. The number of nitrogens with one attached hydrogen (secondary N) is 1. The van der Waals surface area contributed by atoms with Crippen molar-refractivity contribution >= 4 is 11.8 Å². The van der Waals surface area contributed by atoms with Crippen molar-refractivity contribution in [3.8, 4) is 5.75 Å². The predicted molar refractivity (Wildman–Crippen MR) is 139 cm³/mol. The molecule has 1 aliphatic rings. The van der Waals surface area contributed by atoms with Crippen molar-refractivity contribution in [2.24, 2.45) is 13.0 Å². The van der Waals surface area contributed by atoms with Gasteiger partial charge in [-0.1, -0.05) is 53.7 Å². The molecule has 7 heteroatoms. The Balaban J connectivity index is 1.53. The van der Waals surface area contributed by atoms with Crippen molar-refractivity contribution in [3.05, 3.63) is 46.8 Å². The zero-order chi connectivity index (χ0) is 26.0. The molecule has 1 aromatic heterocycles. The van der Waals surface area contributed by atoms with Gasteiger partial charge in [-0.3, -0.25) is 14.3 Å². The van der Waals surface area contributed by atoms with E-state index in [0.717, 1.165) is 42.6 Å². The summed E-state index contributed by atoms with van der Waals surface area (Å²) in [6, 6.07) is 4.13. The third-order valence-electron chi connectivity index (χ3n) is 6.90. The van der Waals surface area contributed by atoms with Crippen LogP contribution in [0.15, 0.2) is 24.5 Å². The van der Waals surface area contributed by atoms with E-state index in [4.69, 9.17) is 0 Å². The average molecular weight is 483 g/mol. The minimum atomic E-state index is -0.182. The SMILES string of the molecule is Cn1cc(C(=O)NCC2CCN(C(=O)CCc3cc(C(C)(C)C)c(O)c(C(C)(C)C)c3)CC2)cn1. The molecule has 0 spiro atoms. The van der Waals surface area contributed by atoms with Gasteiger partial charge in [0.1, 0.15) is 5.75 Å². The summed E-state index contributed by atoms with van der Waals surface area (Å²) in [6.45, 7) is 14.7. The number of phenols is 1. The second-order valence-corrected chi connectivity index (χ2v) is 12.0. The zero-order valence-corrected chi connectivity index (χ0v) is 22.4. The van der Waals surface area contributed by atoms with Gasteiger partial charge in [0.25, 0.3) is 5.91 Å². The molecular weight excluding hydrogens is 440 g/mol. The minimum absolute atomic E-state index is 0.102. The second kappa shape index (κ2) is 10.4. The van der Waals surface area contributed by atoms with Crippen LogP contribution in [-0.2, 0) is 29.1 Å². The Labute approximate surface area is 209 Å². The standard InChI is InChI=1S/C28H42N4O3/c1-27(2,3)22-14-20(15-23(25(22)34)28(4,5)6)8-9-24(33)32-12-10-19(11-13-32)16-29-26(35)21-17-30-31(7)18-21/h14-15,17-19,34H,8-13,16H2,1-7H3,(H,29,35). The van der Waals surface area contributed by atoms with E-state index in [1.165, 1.54) is 0 Å². The predicted octanol–water partition coefficient (Wildman–Crippen LogP) is 4.32. The third-order valence-corrected chi connectivity index (χ3v) is 6.90. The monoisotopic (exact) mass is 482 g/mol. The number of hydrogen-bond donors (Lipinski definition) is 2. The minimum Gasteiger partial charge on any atom is -0.507 e. The van der Waals surface area contributed by atoms with Crippen LogP contribution in [0.25, 0.3) is 0 Å². The Kier molecular flexibility index (Phi) is 7.97. The first-order valence-corrected chi connectivity index (χ1v) is 12.7. The maximum absolute atomic E-state index is 13.0. The number of benzene rings is 1. The maximum atomic E-state index is 13.0. The van der Waals surface area contributed by atoms with Crippen LogP contribution >= 0.6 is 0 Å². The Bertz CT molecular complexity index is 1020. The maximum Gasteiger partial charge on any atom is 0.254 e. The summed E-state index contributed by atoms with van der Waals surface area (Å²) >= 11 is 0. The topological polar surface area (TPSA) is 87.5 Å². The molecule has 7 nitrogen and oxygen atoms in total. The van der Waals surface area contributed by atoms with Gasteiger partial charge in [-0.25, -0.2) is 0 Å². The average Bonchev–Trinajstić information content (AvgIpc) is 3.21. The van der Waals surface area contributed by atoms with E-state index >= 15 is 0 Å². The molecule has 0 radical (unpaired) electrons. The number of phenolic OH excluding ortho intramolecular Hbond substituents is 1. The van der Waals surface area contributed by atoms with Crippen LogP contribution in [0.5, 0.6) is 5.75 Å². The number of piperidine rings is 1. The highest BCUT2D eigenvalue weighted by Crippen LogP contribution is 2.40. The van der Waals surface area contributed by atoms with Gasteiger partial charge in [0.15, 0.2) is 0 Å². The van der Waals surface area contributed by atoms with Crippen molar-refractivity contribution in [3.63, 3.8) is 0 Å². The summed E-state index contributed by atoms with van der Waals surface area (Å²) in [5.74, 6) is 0.818. The van der Waals surface area contributed by atoms with Gasteiger partial charge in [-0.15, -0.1) is 0 Å². The highest BCUT2D eigenvalue weighted by atomic mass is 16.3. The van der Waals surface area contributed by atoms with Crippen LogP contribution in [-0.4, -0.2) is 51.2 Å². The number of rotatable bonds is 6. The summed E-state index contributed by atoms with van der Waals surface area (Å²) < 4.78 is 1.62. The van der Waals surface area contributed by atoms with Gasteiger partial charge in [-0.05, 0) is 52.7 Å². The Hall–Kier alpha value is -2.83. The van der Waals surface area contributed by atoms with Crippen LogP contribution in [0.3, 0.4) is 0 Å². The summed E-state index contributed by atoms with van der Waals surface area (Å²) in [6.07, 6.45) is 6.17. The molecule has 2 N–H and O–H groups in total. The van der Waals surface area contributed by atoms with Crippen molar-refractivity contribution < 1.29 is 14.7 Å². The molecule has 3 rings (SSSR count). The number of aromatic hydroxyl groups is 1. The molecule has 0 atom stereocenters. The van der Waals surface area contributed by atoms with E-state index in [9.17, 15) is 14.7 Å². The van der Waals surface area contributed by atoms with Gasteiger partial charge >= 0.3 is 0 Å². The molecule has 0 saturated carbocycles. The molecule has 1 fully saturated rings. The van der Waals surface area contributed by atoms with Gasteiger partial charge < -0.3 is 15.3 Å². The zero-order valence-electron chi connectivity index (χ0n) is 22.4. The van der Waals surface area contributed by atoms with E-state index in [1.54, 1.807) is 24.1 Å². The number of carbonyl (C=O) groups is 2. The van der Waals surface area contributed by atoms with Crippen molar-refractivity contribution in [1.82, 2.24) is 20.0 Å². The molecule has 2 amide bonds. The van der Waals surface area contributed by atoms with Gasteiger partial charge in [-0.2, -0.15) is 5.10 Å². The lowest BCUT2D eigenvalue weighted by Crippen LogP contribution is -2.41. The molecule has 2 heterocycles. The summed E-state index contributed by atoms with van der Waals surface area (Å²) in [5, 5.41) is 18.0. The smallest absolute Gasteiger partial charge is 0.254 e. The third kappa shape index (κ3) is 6.86. The molecule has 1 saturated heterocycles. The normalized spacial score (nSPS) is 15.3. The van der Waals surface area contributed by atoms with Crippen LogP contribution in [0.1, 0.15) is 87.9 Å². The summed E-state index contributed by atoms with van der Waals surface area (Å²) in [4.78, 5) is 27.2. The Morgan fingerprint density at radius 2 is 1.63 bits per heavy atom. The number of nitrogens with zero attached hydrogens (tertiary/aromatic N) is 3. The van der Waals surface area contributed by atoms with Crippen molar-refractivity contribution in [2.75, 3.05) is 19.6 Å². The molecule has 1 aliphatic heterocycles. The number of amides is 2. The first-order valence-electron chi connectivity index (χ1n) is 12.7. The molecule has 0 aliphatic carbocycles. The first-order chi connectivity index (χ1) is 16.3. The molecule has 1 aromatic carbocycles. The Morgan fingerprint density at radius 1 is 1.06 bits per heavy atom. The Morgan fingerprint density at radius 3 is 2.11 bits per heavy atom. The van der Waals surface area contributed by atoms with Crippen LogP contribution in [0.2, 0.25) is 0 Å². The van der Waals surface area contributed by atoms with Gasteiger partial charge in [0.05, 0.1) is 11.8 Å². The largest absolute Gasteiger partial charge is 0.507 e. The molecular formula is C28H42N4O3.